The minimum atomic E-state index is -1.75. The molecule has 0 atom stereocenters. The van der Waals surface area contributed by atoms with Crippen molar-refractivity contribution in [1.29, 1.82) is 0 Å². The van der Waals surface area contributed by atoms with Crippen LogP contribution in [0.2, 0.25) is 13.1 Å². The van der Waals surface area contributed by atoms with Crippen LogP contribution in [0.1, 0.15) is 5.56 Å². The third-order valence-corrected chi connectivity index (χ3v) is 6.06. The second-order valence-electron chi connectivity index (χ2n) is 5.70. The van der Waals surface area contributed by atoms with E-state index >= 15 is 0 Å². The maximum atomic E-state index is 4.42. The van der Waals surface area contributed by atoms with Gasteiger partial charge in [-0.1, -0.05) is 67.3 Å². The molecule has 3 heteroatoms. The summed E-state index contributed by atoms with van der Waals surface area (Å²) in [7, 11) is -1.75. The topological polar surface area (TPSA) is 25.8 Å². The first kappa shape index (κ1) is 13.7. The Hall–Kier alpha value is -2.26. The maximum Gasteiger partial charge on any atom is 0.152 e. The lowest BCUT2D eigenvalue weighted by atomic mass is 10.1. The summed E-state index contributed by atoms with van der Waals surface area (Å²) in [5.41, 5.74) is 4.54. The fourth-order valence-electron chi connectivity index (χ4n) is 2.40. The van der Waals surface area contributed by atoms with E-state index < -0.39 is 8.07 Å². The first-order valence-corrected chi connectivity index (χ1v) is 10.2. The molecule has 2 aromatic carbocycles. The normalized spacial score (nSPS) is 12.1. The number of fused-ring (bicyclic) bond motifs is 1. The number of benzene rings is 2. The molecule has 0 aliphatic rings. The van der Waals surface area contributed by atoms with Crippen LogP contribution in [-0.2, 0) is 0 Å². The lowest BCUT2D eigenvalue weighted by molar-refractivity contribution is 1.22. The quantitative estimate of drug-likeness (QED) is 0.686. The number of aromatic nitrogens is 2. The number of hydrogen-bond acceptors (Lipinski definition) is 2. The van der Waals surface area contributed by atoms with Gasteiger partial charge in [0.1, 0.15) is 5.45 Å². The Morgan fingerprint density at radius 2 is 1.57 bits per heavy atom. The molecule has 0 unspecified atom stereocenters. The highest BCUT2D eigenvalue weighted by atomic mass is 28.3. The zero-order chi connectivity index (χ0) is 14.7. The summed E-state index contributed by atoms with van der Waals surface area (Å²) in [5.74, 6) is 0. The average Bonchev–Trinajstić information content (AvgIpc) is 2.54. The molecule has 3 aromatic rings. The van der Waals surface area contributed by atoms with Gasteiger partial charge in [-0.15, -0.1) is 0 Å². The van der Waals surface area contributed by atoms with Gasteiger partial charge in [0.05, 0.1) is 0 Å². The number of rotatable bonds is 3. The molecule has 0 spiro atoms. The molecule has 0 saturated heterocycles. The van der Waals surface area contributed by atoms with Crippen LogP contribution in [0.3, 0.4) is 0 Å². The molecule has 2 nitrogen and oxygen atoms in total. The Morgan fingerprint density at radius 3 is 2.38 bits per heavy atom. The molecule has 0 fully saturated rings. The van der Waals surface area contributed by atoms with Crippen LogP contribution in [0.25, 0.3) is 16.8 Å². The van der Waals surface area contributed by atoms with Gasteiger partial charge in [0, 0.05) is 12.4 Å². The van der Waals surface area contributed by atoms with Gasteiger partial charge in [-0.2, -0.15) is 0 Å². The summed E-state index contributed by atoms with van der Waals surface area (Å²) in [6.07, 6.45) is 5.87. The van der Waals surface area contributed by atoms with Crippen molar-refractivity contribution in [2.24, 2.45) is 0 Å². The average molecular weight is 290 g/mol. The van der Waals surface area contributed by atoms with Crippen molar-refractivity contribution in [3.05, 3.63) is 72.2 Å². The van der Waals surface area contributed by atoms with Crippen LogP contribution in [-0.4, -0.2) is 18.0 Å². The Morgan fingerprint density at radius 1 is 0.857 bits per heavy atom. The maximum absolute atomic E-state index is 4.42. The van der Waals surface area contributed by atoms with Crippen LogP contribution in [0.4, 0.5) is 0 Å². The van der Waals surface area contributed by atoms with Crippen LogP contribution >= 0.6 is 0 Å². The predicted octanol–water partition coefficient (Wildman–Crippen LogP) is 3.80. The van der Waals surface area contributed by atoms with Gasteiger partial charge in [-0.3, -0.25) is 0 Å². The molecule has 1 aromatic heterocycles. The summed E-state index contributed by atoms with van der Waals surface area (Å²) in [6.45, 7) is 4.54. The lowest BCUT2D eigenvalue weighted by Gasteiger charge is -2.15. The summed E-state index contributed by atoms with van der Waals surface area (Å²) in [5, 5.41) is 2.56. The van der Waals surface area contributed by atoms with E-state index in [1.807, 2.05) is 18.5 Å². The zero-order valence-electron chi connectivity index (χ0n) is 12.3. The highest BCUT2D eigenvalue weighted by Crippen LogP contribution is 2.20. The summed E-state index contributed by atoms with van der Waals surface area (Å²) in [6, 6.07) is 16.8. The van der Waals surface area contributed by atoms with Gasteiger partial charge in [-0.05, 0) is 22.4 Å². The van der Waals surface area contributed by atoms with E-state index in [-0.39, 0.29) is 0 Å². The van der Waals surface area contributed by atoms with E-state index in [0.29, 0.717) is 0 Å². The molecule has 0 radical (unpaired) electrons. The van der Waals surface area contributed by atoms with E-state index in [1.54, 1.807) is 0 Å². The zero-order valence-corrected chi connectivity index (χ0v) is 13.3. The third-order valence-electron chi connectivity index (χ3n) is 3.65. The van der Waals surface area contributed by atoms with Crippen LogP contribution in [0, 0.1) is 0 Å². The van der Waals surface area contributed by atoms with E-state index in [4.69, 9.17) is 0 Å². The van der Waals surface area contributed by atoms with Crippen LogP contribution in [0.15, 0.2) is 66.6 Å². The Labute approximate surface area is 126 Å². The standard InChI is InChI=1S/C18H18N2Si/c1-21(2,18-19-12-6-13-20-18)14-11-16-9-5-8-15-7-3-4-10-17(15)16/h3-14H,1-2H3/b14-11+. The smallest absolute Gasteiger partial charge is 0.152 e. The molecule has 1 heterocycles. The van der Waals surface area contributed by atoms with E-state index in [0.717, 1.165) is 5.45 Å². The summed E-state index contributed by atoms with van der Waals surface area (Å²) >= 11 is 0. The monoisotopic (exact) mass is 290 g/mol. The minimum absolute atomic E-state index is 0.974. The largest absolute Gasteiger partial charge is 0.246 e. The Balaban J connectivity index is 1.98. The highest BCUT2D eigenvalue weighted by molar-refractivity contribution is 6.93. The minimum Gasteiger partial charge on any atom is -0.246 e. The summed E-state index contributed by atoms with van der Waals surface area (Å²) in [4.78, 5) is 8.85. The lowest BCUT2D eigenvalue weighted by Crippen LogP contribution is -2.43. The molecule has 0 saturated carbocycles. The van der Waals surface area contributed by atoms with E-state index in [2.05, 4.69) is 77.3 Å². The molecule has 104 valence electrons. The second-order valence-corrected chi connectivity index (χ2v) is 9.92. The second kappa shape index (κ2) is 5.62. The fraction of sp³-hybridized carbons (Fsp3) is 0.111. The first-order valence-electron chi connectivity index (χ1n) is 7.11. The van der Waals surface area contributed by atoms with Gasteiger partial charge in [-0.25, -0.2) is 9.97 Å². The SMILES string of the molecule is C[Si](C)(/C=C/c1cccc2ccccc12)c1ncccn1. The van der Waals surface area contributed by atoms with Gasteiger partial charge in [0.25, 0.3) is 0 Å². The molecular formula is C18H18N2Si. The molecule has 0 aliphatic heterocycles. The molecule has 0 N–H and O–H groups in total. The first-order chi connectivity index (χ1) is 10.2. The van der Waals surface area contributed by atoms with Crippen molar-refractivity contribution in [1.82, 2.24) is 9.97 Å². The van der Waals surface area contributed by atoms with Crippen molar-refractivity contribution in [3.8, 4) is 0 Å². The molecular weight excluding hydrogens is 272 g/mol. The van der Waals surface area contributed by atoms with Crippen LogP contribution in [0.5, 0.6) is 0 Å². The van der Waals surface area contributed by atoms with E-state index in [9.17, 15) is 0 Å². The third kappa shape index (κ3) is 2.93. The molecule has 3 rings (SSSR count). The van der Waals surface area contributed by atoms with Gasteiger partial charge in [0.2, 0.25) is 0 Å². The molecule has 21 heavy (non-hydrogen) atoms. The predicted molar refractivity (Wildman–Crippen MR) is 92.1 cm³/mol. The van der Waals surface area contributed by atoms with Crippen molar-refractivity contribution in [3.63, 3.8) is 0 Å². The number of hydrogen-bond donors (Lipinski definition) is 0. The van der Waals surface area contributed by atoms with Crippen molar-refractivity contribution >= 4 is 30.4 Å². The van der Waals surface area contributed by atoms with Crippen molar-refractivity contribution in [2.75, 3.05) is 0 Å². The Bertz CT molecular complexity index is 774. The van der Waals surface area contributed by atoms with E-state index in [1.165, 1.54) is 16.3 Å². The van der Waals surface area contributed by atoms with Gasteiger partial charge < -0.3 is 0 Å². The van der Waals surface area contributed by atoms with Gasteiger partial charge >= 0.3 is 0 Å². The van der Waals surface area contributed by atoms with Crippen molar-refractivity contribution < 1.29 is 0 Å². The highest BCUT2D eigenvalue weighted by Gasteiger charge is 2.23. The Kier molecular flexibility index (Phi) is 3.67. The fourth-order valence-corrected chi connectivity index (χ4v) is 3.96. The van der Waals surface area contributed by atoms with Crippen LogP contribution < -0.4 is 5.45 Å². The number of nitrogens with zero attached hydrogens (tertiary/aromatic N) is 2. The molecule has 0 aliphatic carbocycles. The molecule has 0 bridgehead atoms. The van der Waals surface area contributed by atoms with Crippen molar-refractivity contribution in [2.45, 2.75) is 13.1 Å². The van der Waals surface area contributed by atoms with Gasteiger partial charge in [0.15, 0.2) is 8.07 Å². The molecule has 0 amide bonds. The summed E-state index contributed by atoms with van der Waals surface area (Å²) < 4.78 is 0.